The van der Waals surface area contributed by atoms with Crippen LogP contribution < -0.4 is 10.5 Å². The number of nitrogens with zero attached hydrogens (tertiary/aromatic N) is 1. The lowest BCUT2D eigenvalue weighted by molar-refractivity contribution is 0.293. The monoisotopic (exact) mass is 248 g/mol. The molecule has 0 saturated heterocycles. The Kier molecular flexibility index (Phi) is 3.76. The fourth-order valence-corrected chi connectivity index (χ4v) is 2.35. The second-order valence-electron chi connectivity index (χ2n) is 3.94. The number of thiophene rings is 1. The number of aryl methyl sites for hydroxylation is 2. The van der Waals surface area contributed by atoms with Gasteiger partial charge < -0.3 is 10.5 Å². The molecule has 0 saturated carbocycles. The van der Waals surface area contributed by atoms with Crippen molar-refractivity contribution < 1.29 is 4.74 Å². The van der Waals surface area contributed by atoms with Crippen molar-refractivity contribution in [1.29, 1.82) is 0 Å². The zero-order valence-corrected chi connectivity index (χ0v) is 10.9. The van der Waals surface area contributed by atoms with Crippen LogP contribution in [0, 0.1) is 13.8 Å². The Bertz CT molecular complexity index is 494. The lowest BCUT2D eigenvalue weighted by Crippen LogP contribution is -2.07. The number of hydrogen-bond donors (Lipinski definition) is 1. The maximum absolute atomic E-state index is 5.75. The summed E-state index contributed by atoms with van der Waals surface area (Å²) in [6, 6.07) is 6.10. The first-order chi connectivity index (χ1) is 8.20. The van der Waals surface area contributed by atoms with Crippen molar-refractivity contribution in [2.24, 2.45) is 5.73 Å². The van der Waals surface area contributed by atoms with Gasteiger partial charge in [0, 0.05) is 22.7 Å². The van der Waals surface area contributed by atoms with Gasteiger partial charge in [-0.25, -0.2) is 4.98 Å². The van der Waals surface area contributed by atoms with E-state index in [2.05, 4.69) is 11.1 Å². The zero-order chi connectivity index (χ0) is 12.3. The molecule has 2 N–H and O–H groups in total. The number of ether oxygens (including phenoxy) is 1. The molecule has 0 fully saturated rings. The van der Waals surface area contributed by atoms with Crippen LogP contribution >= 0.6 is 11.3 Å². The van der Waals surface area contributed by atoms with Crippen molar-refractivity contribution >= 4 is 11.3 Å². The maximum atomic E-state index is 5.75. The highest BCUT2D eigenvalue weighted by Gasteiger charge is 2.09. The molecule has 0 atom stereocenters. The summed E-state index contributed by atoms with van der Waals surface area (Å²) in [5, 5.41) is 2.04. The van der Waals surface area contributed by atoms with Gasteiger partial charge in [-0.1, -0.05) is 6.07 Å². The second kappa shape index (κ2) is 5.29. The van der Waals surface area contributed by atoms with Gasteiger partial charge in [0.25, 0.3) is 0 Å². The quantitative estimate of drug-likeness (QED) is 0.905. The predicted octanol–water partition coefficient (Wildman–Crippen LogP) is 2.80. The first kappa shape index (κ1) is 12.1. The number of pyridine rings is 1. The lowest BCUT2D eigenvalue weighted by atomic mass is 10.1. The van der Waals surface area contributed by atoms with Crippen molar-refractivity contribution in [2.45, 2.75) is 27.0 Å². The number of hydrogen-bond acceptors (Lipinski definition) is 4. The molecule has 90 valence electrons. The van der Waals surface area contributed by atoms with E-state index in [-0.39, 0.29) is 0 Å². The average Bonchev–Trinajstić information content (AvgIpc) is 2.78. The fourth-order valence-electron chi connectivity index (χ4n) is 1.73. The average molecular weight is 248 g/mol. The normalized spacial score (nSPS) is 10.5. The van der Waals surface area contributed by atoms with Gasteiger partial charge in [-0.05, 0) is 36.9 Å². The van der Waals surface area contributed by atoms with E-state index in [1.807, 2.05) is 31.4 Å². The van der Waals surface area contributed by atoms with Crippen LogP contribution in [0.4, 0.5) is 0 Å². The molecule has 4 heteroatoms. The van der Waals surface area contributed by atoms with Gasteiger partial charge in [0.1, 0.15) is 6.61 Å². The van der Waals surface area contributed by atoms with Crippen LogP contribution in [0.3, 0.4) is 0 Å². The van der Waals surface area contributed by atoms with Crippen LogP contribution in [0.5, 0.6) is 5.88 Å². The summed E-state index contributed by atoms with van der Waals surface area (Å²) in [5.41, 5.74) is 8.82. The van der Waals surface area contributed by atoms with Crippen LogP contribution in [-0.4, -0.2) is 4.98 Å². The minimum Gasteiger partial charge on any atom is -0.472 e. The van der Waals surface area contributed by atoms with E-state index in [4.69, 9.17) is 10.5 Å². The van der Waals surface area contributed by atoms with Crippen molar-refractivity contribution in [3.63, 3.8) is 0 Å². The molecule has 3 nitrogen and oxygen atoms in total. The van der Waals surface area contributed by atoms with E-state index in [1.165, 1.54) is 4.88 Å². The van der Waals surface area contributed by atoms with Crippen molar-refractivity contribution in [3.05, 3.63) is 45.3 Å². The molecule has 2 heterocycles. The Morgan fingerprint density at radius 3 is 2.88 bits per heavy atom. The molecule has 0 unspecified atom stereocenters. The summed E-state index contributed by atoms with van der Waals surface area (Å²) in [6.07, 6.45) is 0. The maximum Gasteiger partial charge on any atom is 0.218 e. The molecule has 0 amide bonds. The van der Waals surface area contributed by atoms with Gasteiger partial charge in [0.2, 0.25) is 5.88 Å². The molecule has 0 aliphatic carbocycles. The van der Waals surface area contributed by atoms with Gasteiger partial charge in [0.05, 0.1) is 0 Å². The third kappa shape index (κ3) is 2.84. The zero-order valence-electron chi connectivity index (χ0n) is 10.1. The SMILES string of the molecule is Cc1cc(C)c(CN)c(OCc2cccs2)n1. The fraction of sp³-hybridized carbons (Fsp3) is 0.308. The highest BCUT2D eigenvalue weighted by Crippen LogP contribution is 2.22. The van der Waals surface area contributed by atoms with E-state index in [1.54, 1.807) is 11.3 Å². The summed E-state index contributed by atoms with van der Waals surface area (Å²) < 4.78 is 5.75. The Morgan fingerprint density at radius 2 is 2.24 bits per heavy atom. The van der Waals surface area contributed by atoms with Gasteiger partial charge in [-0.2, -0.15) is 0 Å². The number of rotatable bonds is 4. The van der Waals surface area contributed by atoms with E-state index in [0.29, 0.717) is 19.0 Å². The van der Waals surface area contributed by atoms with Crippen LogP contribution in [0.15, 0.2) is 23.6 Å². The molecule has 17 heavy (non-hydrogen) atoms. The van der Waals surface area contributed by atoms with Crippen molar-refractivity contribution in [1.82, 2.24) is 4.98 Å². The van der Waals surface area contributed by atoms with Crippen molar-refractivity contribution in [3.8, 4) is 5.88 Å². The number of nitrogens with two attached hydrogens (primary N) is 1. The van der Waals surface area contributed by atoms with Gasteiger partial charge in [-0.15, -0.1) is 11.3 Å². The predicted molar refractivity (Wildman–Crippen MR) is 70.3 cm³/mol. The minimum atomic E-state index is 0.457. The molecule has 0 radical (unpaired) electrons. The lowest BCUT2D eigenvalue weighted by Gasteiger charge is -2.12. The molecule has 0 spiro atoms. The van der Waals surface area contributed by atoms with Gasteiger partial charge in [0.15, 0.2) is 0 Å². The van der Waals surface area contributed by atoms with Crippen molar-refractivity contribution in [2.75, 3.05) is 0 Å². The standard InChI is InChI=1S/C13H16N2OS/c1-9-6-10(2)15-13(12(9)7-14)16-8-11-4-3-5-17-11/h3-6H,7-8,14H2,1-2H3. The first-order valence-corrected chi connectivity index (χ1v) is 6.41. The van der Waals surface area contributed by atoms with Gasteiger partial charge >= 0.3 is 0 Å². The summed E-state index contributed by atoms with van der Waals surface area (Å²) in [4.78, 5) is 5.60. The smallest absolute Gasteiger partial charge is 0.218 e. The Balaban J connectivity index is 2.19. The largest absolute Gasteiger partial charge is 0.472 e. The third-order valence-electron chi connectivity index (χ3n) is 2.57. The molecule has 0 aliphatic heterocycles. The van der Waals surface area contributed by atoms with E-state index < -0.39 is 0 Å². The minimum absolute atomic E-state index is 0.457. The molecule has 0 aromatic carbocycles. The highest BCUT2D eigenvalue weighted by atomic mass is 32.1. The summed E-state index contributed by atoms with van der Waals surface area (Å²) >= 11 is 1.68. The third-order valence-corrected chi connectivity index (χ3v) is 3.42. The van der Waals surface area contributed by atoms with Crippen LogP contribution in [0.1, 0.15) is 21.7 Å². The molecule has 0 bridgehead atoms. The first-order valence-electron chi connectivity index (χ1n) is 5.53. The Morgan fingerprint density at radius 1 is 1.41 bits per heavy atom. The summed E-state index contributed by atoms with van der Waals surface area (Å²) in [5.74, 6) is 0.665. The van der Waals surface area contributed by atoms with E-state index in [0.717, 1.165) is 16.8 Å². The van der Waals surface area contributed by atoms with E-state index in [9.17, 15) is 0 Å². The Hall–Kier alpha value is -1.39. The molecular weight excluding hydrogens is 232 g/mol. The van der Waals surface area contributed by atoms with Crippen LogP contribution in [0.25, 0.3) is 0 Å². The second-order valence-corrected chi connectivity index (χ2v) is 4.97. The molecule has 2 rings (SSSR count). The number of aromatic nitrogens is 1. The van der Waals surface area contributed by atoms with E-state index >= 15 is 0 Å². The van der Waals surface area contributed by atoms with Gasteiger partial charge in [-0.3, -0.25) is 0 Å². The summed E-state index contributed by atoms with van der Waals surface area (Å²) in [7, 11) is 0. The topological polar surface area (TPSA) is 48.1 Å². The Labute approximate surface area is 105 Å². The van der Waals surface area contributed by atoms with Crippen LogP contribution in [0.2, 0.25) is 0 Å². The van der Waals surface area contributed by atoms with Crippen LogP contribution in [-0.2, 0) is 13.2 Å². The highest BCUT2D eigenvalue weighted by molar-refractivity contribution is 7.09. The summed E-state index contributed by atoms with van der Waals surface area (Å²) in [6.45, 7) is 5.01. The molecule has 2 aromatic rings. The molecular formula is C13H16N2OS. The molecule has 0 aliphatic rings. The molecule has 2 aromatic heterocycles.